The van der Waals surface area contributed by atoms with Crippen LogP contribution >= 0.6 is 0 Å². The number of hydrogen-bond donors (Lipinski definition) is 1. The fourth-order valence-corrected chi connectivity index (χ4v) is 2.08. The molecule has 0 aliphatic heterocycles. The predicted octanol–water partition coefficient (Wildman–Crippen LogP) is 3.51. The van der Waals surface area contributed by atoms with E-state index in [0.717, 1.165) is 11.3 Å². The van der Waals surface area contributed by atoms with Crippen molar-refractivity contribution in [3.63, 3.8) is 0 Å². The van der Waals surface area contributed by atoms with Crippen LogP contribution in [0.3, 0.4) is 0 Å². The molecule has 0 spiro atoms. The molecular weight excluding hydrogens is 224 g/mol. The van der Waals surface area contributed by atoms with Crippen LogP contribution in [0.5, 0.6) is 0 Å². The summed E-state index contributed by atoms with van der Waals surface area (Å²) < 4.78 is 5.25. The fourth-order valence-electron chi connectivity index (χ4n) is 2.08. The maximum absolute atomic E-state index is 5.78. The van der Waals surface area contributed by atoms with Crippen LogP contribution in [0.1, 0.15) is 18.7 Å². The zero-order valence-corrected chi connectivity index (χ0v) is 10.1. The average Bonchev–Trinajstić information content (AvgIpc) is 2.87. The monoisotopic (exact) mass is 238 g/mol. The van der Waals surface area contributed by atoms with Gasteiger partial charge >= 0.3 is 0 Å². The Morgan fingerprint density at radius 3 is 2.67 bits per heavy atom. The quantitative estimate of drug-likeness (QED) is 0.743. The second kappa shape index (κ2) is 4.27. The zero-order chi connectivity index (χ0) is 12.5. The summed E-state index contributed by atoms with van der Waals surface area (Å²) in [4.78, 5) is 0. The summed E-state index contributed by atoms with van der Waals surface area (Å²) >= 11 is 0. The molecule has 1 heterocycles. The first-order valence-electron chi connectivity index (χ1n) is 5.96. The van der Waals surface area contributed by atoms with E-state index in [2.05, 4.69) is 23.4 Å². The van der Waals surface area contributed by atoms with Gasteiger partial charge in [0, 0.05) is 11.6 Å². The van der Waals surface area contributed by atoms with E-state index in [4.69, 9.17) is 10.3 Å². The molecule has 1 atom stereocenters. The average molecular weight is 238 g/mol. The van der Waals surface area contributed by atoms with Crippen LogP contribution in [0.4, 0.5) is 0 Å². The summed E-state index contributed by atoms with van der Waals surface area (Å²) in [5, 5.41) is 6.47. The lowest BCUT2D eigenvalue weighted by Crippen LogP contribution is -2.02. The van der Waals surface area contributed by atoms with E-state index in [1.54, 1.807) is 0 Å². The van der Waals surface area contributed by atoms with Crippen molar-refractivity contribution in [2.75, 3.05) is 0 Å². The summed E-state index contributed by atoms with van der Waals surface area (Å²) in [5.41, 5.74) is 7.69. The summed E-state index contributed by atoms with van der Waals surface area (Å²) in [6.45, 7) is 1.88. The molecule has 3 nitrogen and oxygen atoms in total. The highest BCUT2D eigenvalue weighted by Crippen LogP contribution is 2.28. The highest BCUT2D eigenvalue weighted by atomic mass is 16.5. The highest BCUT2D eigenvalue weighted by molar-refractivity contribution is 5.95. The number of rotatable bonds is 2. The van der Waals surface area contributed by atoms with E-state index in [1.807, 2.05) is 37.3 Å². The molecule has 0 saturated carbocycles. The van der Waals surface area contributed by atoms with E-state index in [-0.39, 0.29) is 6.04 Å². The minimum absolute atomic E-state index is 0.138. The van der Waals surface area contributed by atoms with E-state index >= 15 is 0 Å². The molecule has 0 bridgehead atoms. The lowest BCUT2D eigenvalue weighted by molar-refractivity contribution is 0.369. The van der Waals surface area contributed by atoms with Crippen LogP contribution in [0, 0.1) is 0 Å². The summed E-state index contributed by atoms with van der Waals surface area (Å²) in [6.07, 6.45) is 0. The molecule has 18 heavy (non-hydrogen) atoms. The van der Waals surface area contributed by atoms with Gasteiger partial charge in [-0.05, 0) is 17.7 Å². The standard InChI is InChI=1S/C15H14N2O/c1-10(16)15-9-14(17-18-15)13-8-4-6-11-5-2-3-7-12(11)13/h2-10H,16H2,1H3. The maximum atomic E-state index is 5.78. The number of aromatic nitrogens is 1. The molecule has 3 aromatic rings. The van der Waals surface area contributed by atoms with Gasteiger partial charge < -0.3 is 10.3 Å². The Balaban J connectivity index is 2.18. The fraction of sp³-hybridized carbons (Fsp3) is 0.133. The predicted molar refractivity (Wildman–Crippen MR) is 72.0 cm³/mol. The van der Waals surface area contributed by atoms with Crippen LogP contribution in [0.25, 0.3) is 22.0 Å². The normalized spacial score (nSPS) is 12.8. The van der Waals surface area contributed by atoms with Crippen molar-refractivity contribution in [2.45, 2.75) is 13.0 Å². The van der Waals surface area contributed by atoms with E-state index < -0.39 is 0 Å². The minimum Gasteiger partial charge on any atom is -0.359 e. The number of nitrogens with two attached hydrogens (primary N) is 1. The molecule has 0 saturated heterocycles. The van der Waals surface area contributed by atoms with Crippen molar-refractivity contribution in [2.24, 2.45) is 5.73 Å². The summed E-state index contributed by atoms with van der Waals surface area (Å²) in [7, 11) is 0. The van der Waals surface area contributed by atoms with Crippen molar-refractivity contribution < 1.29 is 4.52 Å². The largest absolute Gasteiger partial charge is 0.359 e. The first kappa shape index (κ1) is 11.0. The Hall–Kier alpha value is -2.13. The van der Waals surface area contributed by atoms with Crippen molar-refractivity contribution in [1.29, 1.82) is 0 Å². The number of nitrogens with zero attached hydrogens (tertiary/aromatic N) is 1. The Labute approximate surface area is 105 Å². The molecular formula is C15H14N2O. The van der Waals surface area contributed by atoms with Gasteiger partial charge in [-0.2, -0.15) is 0 Å². The van der Waals surface area contributed by atoms with Crippen LogP contribution in [0.15, 0.2) is 53.1 Å². The minimum atomic E-state index is -0.138. The van der Waals surface area contributed by atoms with Crippen molar-refractivity contribution in [1.82, 2.24) is 5.16 Å². The molecule has 0 radical (unpaired) electrons. The van der Waals surface area contributed by atoms with Gasteiger partial charge in [0.2, 0.25) is 0 Å². The molecule has 0 fully saturated rings. The molecule has 2 N–H and O–H groups in total. The summed E-state index contributed by atoms with van der Waals surface area (Å²) in [5.74, 6) is 0.706. The topological polar surface area (TPSA) is 52.0 Å². The SMILES string of the molecule is CC(N)c1cc(-c2cccc3ccccc23)no1. The first-order chi connectivity index (χ1) is 8.75. The van der Waals surface area contributed by atoms with Gasteiger partial charge in [-0.1, -0.05) is 47.6 Å². The molecule has 2 aromatic carbocycles. The van der Waals surface area contributed by atoms with Crippen LogP contribution in [-0.4, -0.2) is 5.16 Å². The van der Waals surface area contributed by atoms with Crippen LogP contribution in [-0.2, 0) is 0 Å². The van der Waals surface area contributed by atoms with Crippen LogP contribution < -0.4 is 5.73 Å². The zero-order valence-electron chi connectivity index (χ0n) is 10.1. The third-order valence-electron chi connectivity index (χ3n) is 3.04. The molecule has 1 unspecified atom stereocenters. The highest BCUT2D eigenvalue weighted by Gasteiger charge is 2.11. The van der Waals surface area contributed by atoms with Crippen molar-refractivity contribution in [3.05, 3.63) is 54.3 Å². The second-order valence-electron chi connectivity index (χ2n) is 4.43. The molecule has 90 valence electrons. The number of hydrogen-bond acceptors (Lipinski definition) is 3. The van der Waals surface area contributed by atoms with Crippen molar-refractivity contribution in [3.8, 4) is 11.3 Å². The van der Waals surface area contributed by atoms with Gasteiger partial charge in [0.15, 0.2) is 5.76 Å². The first-order valence-corrected chi connectivity index (χ1v) is 5.96. The summed E-state index contributed by atoms with van der Waals surface area (Å²) in [6, 6.07) is 16.2. The smallest absolute Gasteiger partial charge is 0.153 e. The molecule has 0 aliphatic carbocycles. The van der Waals surface area contributed by atoms with E-state index in [0.29, 0.717) is 5.76 Å². The Morgan fingerprint density at radius 1 is 1.11 bits per heavy atom. The third kappa shape index (κ3) is 1.79. The van der Waals surface area contributed by atoms with Gasteiger partial charge in [0.25, 0.3) is 0 Å². The van der Waals surface area contributed by atoms with Crippen LogP contribution in [0.2, 0.25) is 0 Å². The molecule has 3 rings (SSSR count). The molecule has 0 amide bonds. The van der Waals surface area contributed by atoms with Gasteiger partial charge in [-0.3, -0.25) is 0 Å². The Morgan fingerprint density at radius 2 is 1.89 bits per heavy atom. The van der Waals surface area contributed by atoms with Gasteiger partial charge in [-0.15, -0.1) is 0 Å². The van der Waals surface area contributed by atoms with Gasteiger partial charge in [-0.25, -0.2) is 0 Å². The molecule has 3 heteroatoms. The van der Waals surface area contributed by atoms with E-state index in [9.17, 15) is 0 Å². The number of benzene rings is 2. The van der Waals surface area contributed by atoms with E-state index in [1.165, 1.54) is 10.8 Å². The van der Waals surface area contributed by atoms with Gasteiger partial charge in [0.1, 0.15) is 5.69 Å². The Kier molecular flexibility index (Phi) is 2.61. The third-order valence-corrected chi connectivity index (χ3v) is 3.04. The molecule has 1 aromatic heterocycles. The Bertz CT molecular complexity index is 680. The van der Waals surface area contributed by atoms with Gasteiger partial charge in [0.05, 0.1) is 6.04 Å². The second-order valence-corrected chi connectivity index (χ2v) is 4.43. The number of fused-ring (bicyclic) bond motifs is 1. The van der Waals surface area contributed by atoms with Crippen molar-refractivity contribution >= 4 is 10.8 Å². The lowest BCUT2D eigenvalue weighted by Gasteiger charge is -2.02. The lowest BCUT2D eigenvalue weighted by atomic mass is 10.0. The maximum Gasteiger partial charge on any atom is 0.153 e. The molecule has 0 aliphatic rings.